The van der Waals surface area contributed by atoms with Gasteiger partial charge in [0.2, 0.25) is 0 Å². The number of aliphatic imine (C=N–C) groups is 2. The summed E-state index contributed by atoms with van der Waals surface area (Å²) in [6.07, 6.45) is -3.08. The van der Waals surface area contributed by atoms with Crippen LogP contribution in [-0.2, 0) is 12.6 Å². The lowest BCUT2D eigenvalue weighted by Gasteiger charge is -2.24. The molecule has 27 heavy (non-hydrogen) atoms. The van der Waals surface area contributed by atoms with Gasteiger partial charge in [0.1, 0.15) is 5.82 Å². The highest BCUT2D eigenvalue weighted by Gasteiger charge is 2.38. The van der Waals surface area contributed by atoms with E-state index in [4.69, 9.17) is 0 Å². The van der Waals surface area contributed by atoms with Crippen LogP contribution in [-0.4, -0.2) is 15.6 Å². The van der Waals surface area contributed by atoms with Crippen LogP contribution in [0.15, 0.2) is 58.5 Å². The molecule has 0 fully saturated rings. The monoisotopic (exact) mass is 394 g/mol. The lowest BCUT2D eigenvalue weighted by Crippen LogP contribution is -2.30. The standard InChI is InChI=1S/C20H18F4N2S/c1-3-17-19(2,12-13-4-6-14(7-5-13)20(22,23)24)27-18(26-17)25-16-10-8-15(21)9-11-16/h4-11H,3,12H2,1-2H3. The summed E-state index contributed by atoms with van der Waals surface area (Å²) in [7, 11) is 0. The van der Waals surface area contributed by atoms with Crippen molar-refractivity contribution in [1.29, 1.82) is 0 Å². The molecule has 0 bridgehead atoms. The first-order valence-corrected chi connectivity index (χ1v) is 9.29. The number of hydrogen-bond acceptors (Lipinski definition) is 2. The molecule has 2 aromatic rings. The summed E-state index contributed by atoms with van der Waals surface area (Å²) in [6, 6.07) is 11.1. The van der Waals surface area contributed by atoms with E-state index in [9.17, 15) is 17.6 Å². The zero-order chi connectivity index (χ0) is 19.7. The van der Waals surface area contributed by atoms with Crippen LogP contribution in [0.2, 0.25) is 0 Å². The van der Waals surface area contributed by atoms with Crippen molar-refractivity contribution >= 4 is 28.3 Å². The van der Waals surface area contributed by atoms with Crippen molar-refractivity contribution in [3.8, 4) is 0 Å². The molecule has 0 N–H and O–H groups in total. The SMILES string of the molecule is CCC1=NC(=Nc2ccc(F)cc2)SC1(C)Cc1ccc(C(F)(F)F)cc1. The molecule has 1 aliphatic rings. The van der Waals surface area contributed by atoms with Crippen LogP contribution < -0.4 is 0 Å². The van der Waals surface area contributed by atoms with Gasteiger partial charge in [0, 0.05) is 5.71 Å². The Morgan fingerprint density at radius 3 is 2.22 bits per heavy atom. The number of thioether (sulfide) groups is 1. The van der Waals surface area contributed by atoms with Gasteiger partial charge < -0.3 is 0 Å². The summed E-state index contributed by atoms with van der Waals surface area (Å²) in [4.78, 5) is 9.04. The maximum absolute atomic E-state index is 13.0. The Bertz CT molecular complexity index is 870. The normalized spacial score (nSPS) is 21.6. The Labute approximate surface area is 159 Å². The van der Waals surface area contributed by atoms with Crippen LogP contribution in [0, 0.1) is 5.82 Å². The van der Waals surface area contributed by atoms with Crippen LogP contribution in [0.4, 0.5) is 23.2 Å². The quantitative estimate of drug-likeness (QED) is 0.548. The van der Waals surface area contributed by atoms with Crippen LogP contribution in [0.3, 0.4) is 0 Å². The first-order valence-electron chi connectivity index (χ1n) is 8.47. The van der Waals surface area contributed by atoms with E-state index in [1.54, 1.807) is 12.1 Å². The van der Waals surface area contributed by atoms with E-state index in [1.165, 1.54) is 36.0 Å². The molecule has 2 aromatic carbocycles. The van der Waals surface area contributed by atoms with Gasteiger partial charge in [0.15, 0.2) is 5.17 Å². The lowest BCUT2D eigenvalue weighted by atomic mass is 9.93. The summed E-state index contributed by atoms with van der Waals surface area (Å²) < 4.78 is 50.9. The van der Waals surface area contributed by atoms with E-state index in [1.807, 2.05) is 13.8 Å². The highest BCUT2D eigenvalue weighted by molar-refractivity contribution is 8.16. The van der Waals surface area contributed by atoms with Gasteiger partial charge in [-0.15, -0.1) is 0 Å². The number of benzene rings is 2. The highest BCUT2D eigenvalue weighted by Crippen LogP contribution is 2.40. The molecule has 0 saturated carbocycles. The molecule has 0 amide bonds. The smallest absolute Gasteiger partial charge is 0.231 e. The van der Waals surface area contributed by atoms with Crippen LogP contribution in [0.25, 0.3) is 0 Å². The molecule has 2 nitrogen and oxygen atoms in total. The molecule has 3 rings (SSSR count). The fourth-order valence-corrected chi connectivity index (χ4v) is 4.24. The van der Waals surface area contributed by atoms with Crippen molar-refractivity contribution in [2.24, 2.45) is 9.98 Å². The first-order chi connectivity index (χ1) is 12.7. The minimum atomic E-state index is -4.34. The minimum Gasteiger partial charge on any atom is -0.231 e. The van der Waals surface area contributed by atoms with Crippen molar-refractivity contribution < 1.29 is 17.6 Å². The van der Waals surface area contributed by atoms with Crippen molar-refractivity contribution in [1.82, 2.24) is 0 Å². The Morgan fingerprint density at radius 1 is 1.04 bits per heavy atom. The number of alkyl halides is 3. The highest BCUT2D eigenvalue weighted by atomic mass is 32.2. The van der Waals surface area contributed by atoms with E-state index in [-0.39, 0.29) is 10.6 Å². The number of rotatable bonds is 4. The van der Waals surface area contributed by atoms with E-state index in [0.29, 0.717) is 23.7 Å². The maximum Gasteiger partial charge on any atom is 0.416 e. The second-order valence-electron chi connectivity index (χ2n) is 6.49. The van der Waals surface area contributed by atoms with Gasteiger partial charge in [-0.3, -0.25) is 0 Å². The minimum absolute atomic E-state index is 0.331. The average Bonchev–Trinajstić information content (AvgIpc) is 2.91. The summed E-state index contributed by atoms with van der Waals surface area (Å²) in [5, 5.41) is 0.577. The average molecular weight is 394 g/mol. The molecule has 1 atom stereocenters. The molecule has 0 aliphatic carbocycles. The van der Waals surface area contributed by atoms with Crippen molar-refractivity contribution in [2.45, 2.75) is 37.6 Å². The zero-order valence-electron chi connectivity index (χ0n) is 14.8. The Kier molecular flexibility index (Phi) is 5.42. The predicted octanol–water partition coefficient (Wildman–Crippen LogP) is 6.43. The number of hydrogen-bond donors (Lipinski definition) is 0. The van der Waals surface area contributed by atoms with Gasteiger partial charge in [-0.2, -0.15) is 13.2 Å². The summed E-state index contributed by atoms with van der Waals surface area (Å²) in [5.41, 5.74) is 1.70. The largest absolute Gasteiger partial charge is 0.416 e. The predicted molar refractivity (Wildman–Crippen MR) is 102 cm³/mol. The fourth-order valence-electron chi connectivity index (χ4n) is 2.98. The van der Waals surface area contributed by atoms with Crippen LogP contribution in [0.5, 0.6) is 0 Å². The third kappa shape index (κ3) is 4.58. The Hall–Kier alpha value is -2.15. The van der Waals surface area contributed by atoms with Crippen molar-refractivity contribution in [3.05, 3.63) is 65.5 Å². The van der Waals surface area contributed by atoms with E-state index in [2.05, 4.69) is 9.98 Å². The fraction of sp³-hybridized carbons (Fsp3) is 0.300. The number of nitrogens with zero attached hydrogens (tertiary/aromatic N) is 2. The molecule has 142 valence electrons. The summed E-state index contributed by atoms with van der Waals surface area (Å²) in [5.74, 6) is -0.331. The summed E-state index contributed by atoms with van der Waals surface area (Å²) >= 11 is 1.48. The topological polar surface area (TPSA) is 24.7 Å². The Morgan fingerprint density at radius 2 is 1.67 bits per heavy atom. The van der Waals surface area contributed by atoms with E-state index < -0.39 is 11.7 Å². The molecule has 1 heterocycles. The second kappa shape index (κ2) is 7.46. The summed E-state index contributed by atoms with van der Waals surface area (Å²) in [6.45, 7) is 4.01. The molecule has 0 radical (unpaired) electrons. The molecule has 1 unspecified atom stereocenters. The third-order valence-electron chi connectivity index (χ3n) is 4.37. The number of halogens is 4. The molecular formula is C20H18F4N2S. The van der Waals surface area contributed by atoms with Gasteiger partial charge in [0.25, 0.3) is 0 Å². The maximum atomic E-state index is 13.0. The van der Waals surface area contributed by atoms with Crippen molar-refractivity contribution in [2.75, 3.05) is 0 Å². The van der Waals surface area contributed by atoms with Gasteiger partial charge in [0.05, 0.1) is 16.0 Å². The van der Waals surface area contributed by atoms with Gasteiger partial charge in [-0.05, 0) is 61.7 Å². The van der Waals surface area contributed by atoms with E-state index >= 15 is 0 Å². The molecular weight excluding hydrogens is 376 g/mol. The van der Waals surface area contributed by atoms with Gasteiger partial charge in [-0.1, -0.05) is 30.8 Å². The lowest BCUT2D eigenvalue weighted by molar-refractivity contribution is -0.137. The van der Waals surface area contributed by atoms with E-state index in [0.717, 1.165) is 23.4 Å². The zero-order valence-corrected chi connectivity index (χ0v) is 15.7. The molecule has 0 saturated heterocycles. The third-order valence-corrected chi connectivity index (χ3v) is 5.56. The number of amidine groups is 1. The van der Waals surface area contributed by atoms with Crippen molar-refractivity contribution in [3.63, 3.8) is 0 Å². The van der Waals surface area contributed by atoms with Crippen LogP contribution >= 0.6 is 11.8 Å². The molecule has 1 aliphatic heterocycles. The van der Waals surface area contributed by atoms with Gasteiger partial charge >= 0.3 is 6.18 Å². The molecule has 0 spiro atoms. The first kappa shape index (κ1) is 19.6. The molecule has 7 heteroatoms. The Balaban J connectivity index is 1.80. The van der Waals surface area contributed by atoms with Crippen LogP contribution in [0.1, 0.15) is 31.4 Å². The molecule has 0 aromatic heterocycles. The van der Waals surface area contributed by atoms with Gasteiger partial charge in [-0.25, -0.2) is 14.4 Å². The second-order valence-corrected chi connectivity index (χ2v) is 7.96.